The Balaban J connectivity index is 1.80. The number of amidine groups is 2. The summed E-state index contributed by atoms with van der Waals surface area (Å²) in [4.78, 5) is 15.5. The van der Waals surface area contributed by atoms with Crippen molar-refractivity contribution in [3.05, 3.63) is 59.7 Å². The zero-order chi connectivity index (χ0) is 26.4. The summed E-state index contributed by atoms with van der Waals surface area (Å²) in [6.45, 7) is 24.6. The first-order valence-electron chi connectivity index (χ1n) is 13.7. The Morgan fingerprint density at radius 3 is 1.31 bits per heavy atom. The third kappa shape index (κ3) is 5.38. The monoisotopic (exact) mass is 486 g/mol. The molecule has 2 heterocycles. The van der Waals surface area contributed by atoms with Crippen molar-refractivity contribution in [3.8, 4) is 0 Å². The van der Waals surface area contributed by atoms with E-state index in [2.05, 4.69) is 128 Å². The first-order valence-corrected chi connectivity index (χ1v) is 13.7. The van der Waals surface area contributed by atoms with Crippen molar-refractivity contribution in [1.82, 2.24) is 0 Å². The van der Waals surface area contributed by atoms with E-state index in [0.29, 0.717) is 11.8 Å². The molecule has 194 valence electrons. The summed E-state index contributed by atoms with van der Waals surface area (Å²) in [7, 11) is 0. The lowest BCUT2D eigenvalue weighted by Gasteiger charge is -2.29. The lowest BCUT2D eigenvalue weighted by Crippen LogP contribution is -2.42. The predicted molar refractivity (Wildman–Crippen MR) is 157 cm³/mol. The predicted octanol–water partition coefficient (Wildman–Crippen LogP) is 7.47. The van der Waals surface area contributed by atoms with Gasteiger partial charge in [-0.2, -0.15) is 0 Å². The highest BCUT2D eigenvalue weighted by Gasteiger charge is 2.38. The third-order valence-electron chi connectivity index (χ3n) is 7.61. The van der Waals surface area contributed by atoms with Crippen molar-refractivity contribution in [1.29, 1.82) is 0 Å². The fourth-order valence-electron chi connectivity index (χ4n) is 4.89. The lowest BCUT2D eigenvalue weighted by molar-refractivity contribution is 0.521. The Hall–Kier alpha value is -2.62. The van der Waals surface area contributed by atoms with Crippen molar-refractivity contribution in [2.45, 2.75) is 92.2 Å². The van der Waals surface area contributed by atoms with Gasteiger partial charge in [-0.3, -0.25) is 9.98 Å². The molecule has 2 aliphatic rings. The van der Waals surface area contributed by atoms with Crippen molar-refractivity contribution in [2.24, 2.45) is 21.8 Å². The van der Waals surface area contributed by atoms with Crippen LogP contribution >= 0.6 is 0 Å². The lowest BCUT2D eigenvalue weighted by atomic mass is 9.86. The van der Waals surface area contributed by atoms with Crippen LogP contribution in [0.25, 0.3) is 0 Å². The Kier molecular flexibility index (Phi) is 7.11. The Bertz CT molecular complexity index is 1050. The zero-order valence-electron chi connectivity index (χ0n) is 24.1. The van der Waals surface area contributed by atoms with Crippen LogP contribution in [0.15, 0.2) is 58.5 Å². The van der Waals surface area contributed by atoms with E-state index in [9.17, 15) is 0 Å². The summed E-state index contributed by atoms with van der Waals surface area (Å²) < 4.78 is 0. The van der Waals surface area contributed by atoms with E-state index in [1.54, 1.807) is 0 Å². The van der Waals surface area contributed by atoms with Gasteiger partial charge in [0.1, 0.15) is 0 Å². The molecule has 4 rings (SSSR count). The van der Waals surface area contributed by atoms with Gasteiger partial charge >= 0.3 is 0 Å². The highest BCUT2D eigenvalue weighted by Crippen LogP contribution is 2.34. The second kappa shape index (κ2) is 9.68. The standard InChI is InChI=1S/C32H46N4/c1-21(2)27-19-35(25-15-11-13-23(17-25)31(5,6)7)29(33-27)30-34-28(22(3)4)20-36(30)26-16-12-14-24(18-26)32(8,9)10/h11-18,21-22,27-28H,19-20H2,1-10H3/t27-,28-/m1/s1. The number of hydrogen-bond acceptors (Lipinski definition) is 4. The minimum Gasteiger partial charge on any atom is -0.321 e. The van der Waals surface area contributed by atoms with Gasteiger partial charge in [-0.05, 0) is 58.1 Å². The third-order valence-corrected chi connectivity index (χ3v) is 7.61. The summed E-state index contributed by atoms with van der Waals surface area (Å²) >= 11 is 0. The van der Waals surface area contributed by atoms with Gasteiger partial charge < -0.3 is 9.80 Å². The number of aliphatic imine (C=N–C) groups is 2. The number of anilines is 2. The van der Waals surface area contributed by atoms with Crippen LogP contribution in [0, 0.1) is 11.8 Å². The minimum absolute atomic E-state index is 0.0948. The van der Waals surface area contributed by atoms with Crippen LogP contribution < -0.4 is 9.80 Å². The molecule has 0 N–H and O–H groups in total. The van der Waals surface area contributed by atoms with Gasteiger partial charge in [0, 0.05) is 24.5 Å². The van der Waals surface area contributed by atoms with Gasteiger partial charge in [-0.15, -0.1) is 0 Å². The Morgan fingerprint density at radius 1 is 0.639 bits per heavy atom. The molecule has 2 aromatic rings. The van der Waals surface area contributed by atoms with Crippen LogP contribution in [0.4, 0.5) is 11.4 Å². The largest absolute Gasteiger partial charge is 0.321 e. The molecule has 0 radical (unpaired) electrons. The Labute approximate surface area is 219 Å². The van der Waals surface area contributed by atoms with Crippen LogP contribution in [0.5, 0.6) is 0 Å². The number of rotatable bonds is 5. The topological polar surface area (TPSA) is 31.2 Å². The maximum Gasteiger partial charge on any atom is 0.172 e. The summed E-state index contributed by atoms with van der Waals surface area (Å²) in [5.41, 5.74) is 5.30. The van der Waals surface area contributed by atoms with E-state index in [0.717, 1.165) is 24.8 Å². The van der Waals surface area contributed by atoms with E-state index < -0.39 is 0 Å². The molecule has 4 nitrogen and oxygen atoms in total. The van der Waals surface area contributed by atoms with Crippen LogP contribution in [0.1, 0.15) is 80.4 Å². The molecule has 0 saturated carbocycles. The van der Waals surface area contributed by atoms with Gasteiger partial charge in [-0.25, -0.2) is 0 Å². The zero-order valence-corrected chi connectivity index (χ0v) is 24.1. The Morgan fingerprint density at radius 2 is 1.00 bits per heavy atom. The molecule has 0 aromatic heterocycles. The van der Waals surface area contributed by atoms with Crippen molar-refractivity contribution in [3.63, 3.8) is 0 Å². The summed E-state index contributed by atoms with van der Waals surface area (Å²) in [6.07, 6.45) is 0. The molecule has 0 unspecified atom stereocenters. The summed E-state index contributed by atoms with van der Waals surface area (Å²) in [5, 5.41) is 0. The highest BCUT2D eigenvalue weighted by molar-refractivity contribution is 6.50. The first kappa shape index (κ1) is 26.4. The molecular formula is C32H46N4. The van der Waals surface area contributed by atoms with Gasteiger partial charge in [-0.1, -0.05) is 93.5 Å². The highest BCUT2D eigenvalue weighted by atomic mass is 15.4. The van der Waals surface area contributed by atoms with Crippen molar-refractivity contribution >= 4 is 23.0 Å². The molecule has 0 bridgehead atoms. The second-order valence-corrected chi connectivity index (χ2v) is 13.4. The van der Waals surface area contributed by atoms with Crippen molar-refractivity contribution in [2.75, 3.05) is 22.9 Å². The fraction of sp³-hybridized carbons (Fsp3) is 0.562. The van der Waals surface area contributed by atoms with Gasteiger partial charge in [0.05, 0.1) is 12.1 Å². The molecule has 0 spiro atoms. The smallest absolute Gasteiger partial charge is 0.172 e. The van der Waals surface area contributed by atoms with Crippen LogP contribution in [0.3, 0.4) is 0 Å². The van der Waals surface area contributed by atoms with E-state index in [4.69, 9.17) is 9.98 Å². The number of hydrogen-bond donors (Lipinski definition) is 0. The molecule has 2 aliphatic heterocycles. The van der Waals surface area contributed by atoms with Gasteiger partial charge in [0.15, 0.2) is 11.7 Å². The SMILES string of the molecule is CC(C)[C@H]1CN(c2cccc(C(C)(C)C)c2)C(C2=N[C@@H](C(C)C)CN2c2cccc(C(C)(C)C)c2)=N1. The van der Waals surface area contributed by atoms with Gasteiger partial charge in [0.25, 0.3) is 0 Å². The molecule has 0 saturated heterocycles. The maximum absolute atomic E-state index is 5.33. The summed E-state index contributed by atoms with van der Waals surface area (Å²) in [5.74, 6) is 2.97. The van der Waals surface area contributed by atoms with E-state index in [1.807, 2.05) is 0 Å². The van der Waals surface area contributed by atoms with E-state index >= 15 is 0 Å². The van der Waals surface area contributed by atoms with Crippen LogP contribution in [-0.4, -0.2) is 36.8 Å². The maximum atomic E-state index is 5.33. The normalized spacial score (nSPS) is 21.0. The molecule has 0 fully saturated rings. The second-order valence-electron chi connectivity index (χ2n) is 13.4. The molecular weight excluding hydrogens is 440 g/mol. The first-order chi connectivity index (χ1) is 16.8. The number of benzene rings is 2. The minimum atomic E-state index is 0.0948. The average molecular weight is 487 g/mol. The molecule has 2 atom stereocenters. The van der Waals surface area contributed by atoms with Gasteiger partial charge in [0.2, 0.25) is 0 Å². The van der Waals surface area contributed by atoms with E-state index in [1.165, 1.54) is 22.5 Å². The molecule has 36 heavy (non-hydrogen) atoms. The average Bonchev–Trinajstić information content (AvgIpc) is 3.43. The summed E-state index contributed by atoms with van der Waals surface area (Å²) in [6, 6.07) is 18.5. The van der Waals surface area contributed by atoms with E-state index in [-0.39, 0.29) is 22.9 Å². The quantitative estimate of drug-likeness (QED) is 0.439. The van der Waals surface area contributed by atoms with Crippen molar-refractivity contribution < 1.29 is 0 Å². The number of nitrogens with zero attached hydrogens (tertiary/aromatic N) is 4. The molecule has 0 amide bonds. The molecule has 2 aromatic carbocycles. The van der Waals surface area contributed by atoms with Crippen LogP contribution in [-0.2, 0) is 10.8 Å². The fourth-order valence-corrected chi connectivity index (χ4v) is 4.89. The van der Waals surface area contributed by atoms with Crippen LogP contribution in [0.2, 0.25) is 0 Å². The molecule has 0 aliphatic carbocycles. The molecule has 4 heteroatoms.